The van der Waals surface area contributed by atoms with Gasteiger partial charge in [-0.05, 0) is 12.8 Å². The zero-order chi connectivity index (χ0) is 60.5. The second-order valence-electron chi connectivity index (χ2n) is 27.5. The van der Waals surface area contributed by atoms with E-state index in [-0.39, 0.29) is 25.2 Å². The van der Waals surface area contributed by atoms with Crippen molar-refractivity contribution in [2.75, 3.05) is 13.2 Å². The lowest BCUT2D eigenvalue weighted by atomic mass is 10.0. The molecule has 0 aromatic rings. The first-order chi connectivity index (χ1) is 41.6. The fourth-order valence-corrected chi connectivity index (χ4v) is 13.0. The highest BCUT2D eigenvalue weighted by atomic mass is 16.6. The van der Waals surface area contributed by atoms with Crippen molar-refractivity contribution in [2.45, 2.75) is 482 Å². The van der Waals surface area contributed by atoms with Crippen LogP contribution in [-0.2, 0) is 19.1 Å². The standard InChI is InChI=1S/C79H156O5/c1-3-5-7-9-11-13-15-17-19-21-23-25-27-29-31-33-35-37-39-41-43-45-47-49-51-53-55-57-59-61-63-65-67-69-71-73-78(81)83-76-77(75-80)84-79(82)74-72-70-68-66-64-62-60-58-56-54-52-50-48-46-44-42-40-38-36-34-32-30-28-26-24-22-20-18-16-14-12-10-8-6-4-2/h77,80H,3-76H2,1-2H3. The van der Waals surface area contributed by atoms with Gasteiger partial charge in [0.15, 0.2) is 6.10 Å². The summed E-state index contributed by atoms with van der Waals surface area (Å²) in [5.41, 5.74) is 0. The summed E-state index contributed by atoms with van der Waals surface area (Å²) in [5, 5.41) is 9.72. The molecule has 0 fully saturated rings. The van der Waals surface area contributed by atoms with Gasteiger partial charge in [-0.1, -0.05) is 450 Å². The van der Waals surface area contributed by atoms with Gasteiger partial charge in [0.25, 0.3) is 0 Å². The molecule has 0 spiro atoms. The molecule has 0 aliphatic heterocycles. The average Bonchev–Trinajstić information content (AvgIpc) is 3.50. The Bertz CT molecular complexity index is 1200. The van der Waals surface area contributed by atoms with E-state index in [1.54, 1.807) is 0 Å². The van der Waals surface area contributed by atoms with Gasteiger partial charge in [0.1, 0.15) is 6.61 Å². The van der Waals surface area contributed by atoms with Crippen molar-refractivity contribution in [1.29, 1.82) is 0 Å². The summed E-state index contributed by atoms with van der Waals surface area (Å²) in [6.07, 6.45) is 97.8. The molecule has 0 bridgehead atoms. The quantitative estimate of drug-likeness (QED) is 0.0485. The normalized spacial score (nSPS) is 12.0. The number of carbonyl (C=O) groups is 2. The van der Waals surface area contributed by atoms with Gasteiger partial charge in [0.2, 0.25) is 0 Å². The number of unbranched alkanes of at least 4 members (excludes halogenated alkanes) is 68. The van der Waals surface area contributed by atoms with Gasteiger partial charge in [-0.3, -0.25) is 9.59 Å². The molecule has 5 nitrogen and oxygen atoms in total. The average molecular weight is 1190 g/mol. The van der Waals surface area contributed by atoms with E-state index in [1.165, 1.54) is 417 Å². The Kier molecular flexibility index (Phi) is 75.2. The number of aliphatic hydroxyl groups is 1. The number of esters is 2. The summed E-state index contributed by atoms with van der Waals surface area (Å²) < 4.78 is 10.8. The van der Waals surface area contributed by atoms with E-state index in [0.29, 0.717) is 12.8 Å². The summed E-state index contributed by atoms with van der Waals surface area (Å²) in [4.78, 5) is 24.7. The number of ether oxygens (including phenoxy) is 2. The summed E-state index contributed by atoms with van der Waals surface area (Å²) in [6.45, 7) is 4.24. The van der Waals surface area contributed by atoms with E-state index in [1.807, 2.05) is 0 Å². The molecule has 1 N–H and O–H groups in total. The molecule has 0 aromatic carbocycles. The molecule has 0 rings (SSSR count). The zero-order valence-corrected chi connectivity index (χ0v) is 58.0. The van der Waals surface area contributed by atoms with Gasteiger partial charge in [0, 0.05) is 12.8 Å². The highest BCUT2D eigenvalue weighted by Gasteiger charge is 2.16. The number of hydrogen-bond donors (Lipinski definition) is 1. The van der Waals surface area contributed by atoms with E-state index in [2.05, 4.69) is 13.8 Å². The van der Waals surface area contributed by atoms with Gasteiger partial charge in [-0.15, -0.1) is 0 Å². The van der Waals surface area contributed by atoms with E-state index < -0.39 is 6.10 Å². The van der Waals surface area contributed by atoms with Gasteiger partial charge >= 0.3 is 11.9 Å². The second-order valence-corrected chi connectivity index (χ2v) is 27.5. The van der Waals surface area contributed by atoms with E-state index in [9.17, 15) is 14.7 Å². The highest BCUT2D eigenvalue weighted by molar-refractivity contribution is 5.70. The van der Waals surface area contributed by atoms with Gasteiger partial charge < -0.3 is 14.6 Å². The zero-order valence-electron chi connectivity index (χ0n) is 58.0. The number of carbonyl (C=O) groups excluding carboxylic acids is 2. The molecule has 1 unspecified atom stereocenters. The van der Waals surface area contributed by atoms with Crippen molar-refractivity contribution in [1.82, 2.24) is 0 Å². The topological polar surface area (TPSA) is 72.8 Å². The van der Waals surface area contributed by atoms with Crippen LogP contribution >= 0.6 is 0 Å². The summed E-state index contributed by atoms with van der Waals surface area (Å²) >= 11 is 0. The number of aliphatic hydroxyl groups excluding tert-OH is 1. The molecule has 1 atom stereocenters. The fourth-order valence-electron chi connectivity index (χ4n) is 13.0. The fraction of sp³-hybridized carbons (Fsp3) is 0.975. The Hall–Kier alpha value is -1.10. The molecule has 0 aliphatic rings. The molecule has 0 amide bonds. The molecule has 0 aromatic heterocycles. The maximum absolute atomic E-state index is 12.4. The van der Waals surface area contributed by atoms with Crippen molar-refractivity contribution in [3.05, 3.63) is 0 Å². The lowest BCUT2D eigenvalue weighted by Gasteiger charge is -2.15. The monoisotopic (exact) mass is 1190 g/mol. The molecule has 84 heavy (non-hydrogen) atoms. The Morgan fingerprint density at radius 2 is 0.369 bits per heavy atom. The maximum atomic E-state index is 12.4. The van der Waals surface area contributed by atoms with Crippen LogP contribution in [0, 0.1) is 0 Å². The predicted octanol–water partition coefficient (Wildman–Crippen LogP) is 27.6. The van der Waals surface area contributed by atoms with Crippen LogP contribution in [0.2, 0.25) is 0 Å². The van der Waals surface area contributed by atoms with Crippen LogP contribution in [0.15, 0.2) is 0 Å². The van der Waals surface area contributed by atoms with Crippen LogP contribution in [0.3, 0.4) is 0 Å². The largest absolute Gasteiger partial charge is 0.462 e. The minimum atomic E-state index is -0.766. The van der Waals surface area contributed by atoms with Gasteiger partial charge in [-0.25, -0.2) is 0 Å². The Labute approximate surface area is 529 Å². The van der Waals surface area contributed by atoms with E-state index in [0.717, 1.165) is 32.1 Å². The van der Waals surface area contributed by atoms with E-state index >= 15 is 0 Å². The van der Waals surface area contributed by atoms with Gasteiger partial charge in [-0.2, -0.15) is 0 Å². The third-order valence-corrected chi connectivity index (χ3v) is 18.9. The van der Waals surface area contributed by atoms with Crippen molar-refractivity contribution >= 4 is 11.9 Å². The summed E-state index contributed by atoms with van der Waals surface area (Å²) in [6, 6.07) is 0. The van der Waals surface area contributed by atoms with Crippen LogP contribution in [0.4, 0.5) is 0 Å². The maximum Gasteiger partial charge on any atom is 0.306 e. The molecular formula is C79H156O5. The highest BCUT2D eigenvalue weighted by Crippen LogP contribution is 2.21. The first kappa shape index (κ1) is 82.9. The molecule has 502 valence electrons. The lowest BCUT2D eigenvalue weighted by molar-refractivity contribution is -0.161. The molecule has 0 saturated carbocycles. The Morgan fingerprint density at radius 1 is 0.226 bits per heavy atom. The van der Waals surface area contributed by atoms with Crippen molar-refractivity contribution in [2.24, 2.45) is 0 Å². The first-order valence-electron chi connectivity index (χ1n) is 39.6. The molecule has 0 radical (unpaired) electrons. The van der Waals surface area contributed by atoms with Crippen molar-refractivity contribution in [3.8, 4) is 0 Å². The van der Waals surface area contributed by atoms with Crippen LogP contribution < -0.4 is 0 Å². The van der Waals surface area contributed by atoms with Crippen LogP contribution in [0.25, 0.3) is 0 Å². The number of hydrogen-bond acceptors (Lipinski definition) is 5. The predicted molar refractivity (Wildman–Crippen MR) is 372 cm³/mol. The molecular weight excluding hydrogens is 1030 g/mol. The Morgan fingerprint density at radius 3 is 0.524 bits per heavy atom. The van der Waals surface area contributed by atoms with Crippen molar-refractivity contribution in [3.63, 3.8) is 0 Å². The smallest absolute Gasteiger partial charge is 0.306 e. The van der Waals surface area contributed by atoms with Crippen molar-refractivity contribution < 1.29 is 24.2 Å². The third-order valence-electron chi connectivity index (χ3n) is 18.9. The second kappa shape index (κ2) is 76.1. The SMILES string of the molecule is CCCCCCCCCCCCCCCCCCCCCCCCCCCCCCCCCCCCCC(=O)OCC(CO)OC(=O)CCCCCCCCCCCCCCCCCCCCCCCCCCCCCCCCCCCCC. The summed E-state index contributed by atoms with van der Waals surface area (Å²) in [7, 11) is 0. The van der Waals surface area contributed by atoms with Crippen LogP contribution in [-0.4, -0.2) is 36.4 Å². The third kappa shape index (κ3) is 73.4. The molecule has 0 heterocycles. The molecule has 5 heteroatoms. The first-order valence-corrected chi connectivity index (χ1v) is 39.6. The van der Waals surface area contributed by atoms with Crippen LogP contribution in [0.1, 0.15) is 476 Å². The molecule has 0 saturated heterocycles. The summed E-state index contributed by atoms with van der Waals surface area (Å²) in [5.74, 6) is -0.556. The minimum absolute atomic E-state index is 0.0551. The lowest BCUT2D eigenvalue weighted by Crippen LogP contribution is -2.28. The van der Waals surface area contributed by atoms with Gasteiger partial charge in [0.05, 0.1) is 6.61 Å². The number of rotatable bonds is 76. The Balaban J connectivity index is 3.33. The van der Waals surface area contributed by atoms with E-state index in [4.69, 9.17) is 9.47 Å². The molecule has 0 aliphatic carbocycles. The van der Waals surface area contributed by atoms with Crippen LogP contribution in [0.5, 0.6) is 0 Å². The minimum Gasteiger partial charge on any atom is -0.462 e.